The normalized spacial score (nSPS) is 11.3. The summed E-state index contributed by atoms with van der Waals surface area (Å²) >= 11 is 7.08. The second-order valence-electron chi connectivity index (χ2n) is 6.89. The Hall–Kier alpha value is -3.54. The van der Waals surface area contributed by atoms with Gasteiger partial charge in [0.25, 0.3) is 0 Å². The second kappa shape index (κ2) is 10.9. The second-order valence-corrected chi connectivity index (χ2v) is 8.49. The molecule has 1 amide bonds. The maximum atomic E-state index is 12.9. The highest BCUT2D eigenvalue weighted by Crippen LogP contribution is 2.31. The van der Waals surface area contributed by atoms with E-state index in [9.17, 15) is 20.0 Å². The van der Waals surface area contributed by atoms with Gasteiger partial charge in [0.1, 0.15) is 16.8 Å². The largest absolute Gasteiger partial charge is 0.497 e. The van der Waals surface area contributed by atoms with E-state index < -0.39 is 11.2 Å². The van der Waals surface area contributed by atoms with Crippen LogP contribution in [0.5, 0.6) is 5.75 Å². The number of methoxy groups -OCH3 is 1. The molecule has 0 aliphatic heterocycles. The summed E-state index contributed by atoms with van der Waals surface area (Å²) in [5.74, 6) is -0.796. The number of benzene rings is 2. The lowest BCUT2D eigenvalue weighted by atomic mass is 10.1. The van der Waals surface area contributed by atoms with Crippen LogP contribution in [0.1, 0.15) is 29.3 Å². The molecule has 2 aromatic carbocycles. The minimum Gasteiger partial charge on any atom is -0.497 e. The molecule has 0 aliphatic rings. The molecule has 1 heterocycles. The molecule has 9 heteroatoms. The maximum Gasteiger partial charge on any atom is 0.337 e. The fraction of sp³-hybridized carbons (Fsp3) is 0.167. The van der Waals surface area contributed by atoms with Crippen LogP contribution < -0.4 is 10.1 Å². The third-order valence-electron chi connectivity index (χ3n) is 4.75. The lowest BCUT2D eigenvalue weighted by Gasteiger charge is -2.16. The average molecular weight is 482 g/mol. The topological polar surface area (TPSA) is 112 Å². The van der Waals surface area contributed by atoms with Crippen LogP contribution >= 0.6 is 23.4 Å². The number of amides is 1. The quantitative estimate of drug-likeness (QED) is 0.409. The molecule has 1 atom stereocenters. The zero-order valence-corrected chi connectivity index (χ0v) is 19.4. The van der Waals surface area contributed by atoms with Gasteiger partial charge in [-0.1, -0.05) is 30.3 Å². The number of carboxylic acid groups (broad SMARTS) is 1. The smallest absolute Gasteiger partial charge is 0.337 e. The van der Waals surface area contributed by atoms with Crippen LogP contribution in [0.2, 0.25) is 5.02 Å². The van der Waals surface area contributed by atoms with Crippen molar-refractivity contribution >= 4 is 40.9 Å². The van der Waals surface area contributed by atoms with Crippen LogP contribution in [-0.4, -0.2) is 34.3 Å². The Kier molecular flexibility index (Phi) is 7.93. The van der Waals surface area contributed by atoms with Crippen LogP contribution in [0.25, 0.3) is 11.3 Å². The number of carbonyl (C=O) groups is 2. The van der Waals surface area contributed by atoms with Gasteiger partial charge in [-0.05, 0) is 61.0 Å². The van der Waals surface area contributed by atoms with Crippen molar-refractivity contribution in [2.24, 2.45) is 0 Å². The highest BCUT2D eigenvalue weighted by molar-refractivity contribution is 8.00. The van der Waals surface area contributed by atoms with E-state index in [1.165, 1.54) is 30.0 Å². The van der Waals surface area contributed by atoms with Crippen LogP contribution in [0.3, 0.4) is 0 Å². The number of rotatable bonds is 8. The van der Waals surface area contributed by atoms with Gasteiger partial charge in [0.2, 0.25) is 5.91 Å². The molecule has 3 rings (SSSR count). The summed E-state index contributed by atoms with van der Waals surface area (Å²) in [6.45, 7) is 1.85. The first-order chi connectivity index (χ1) is 15.9. The SMILES string of the molecule is CCC(Sc1nc(-c2ccc(OC)cc2)ccc1C#N)C(=O)Nc1ccc(Cl)c(C(=O)O)c1. The van der Waals surface area contributed by atoms with Gasteiger partial charge in [0, 0.05) is 11.3 Å². The Morgan fingerprint density at radius 2 is 1.94 bits per heavy atom. The summed E-state index contributed by atoms with van der Waals surface area (Å²) < 4.78 is 5.18. The number of aromatic nitrogens is 1. The molecular weight excluding hydrogens is 462 g/mol. The monoisotopic (exact) mass is 481 g/mol. The van der Waals surface area contributed by atoms with Gasteiger partial charge in [-0.25, -0.2) is 9.78 Å². The molecule has 1 aromatic heterocycles. The molecule has 0 spiro atoms. The predicted molar refractivity (Wildman–Crippen MR) is 128 cm³/mol. The summed E-state index contributed by atoms with van der Waals surface area (Å²) in [6.07, 6.45) is 0.467. The van der Waals surface area contributed by atoms with Crippen molar-refractivity contribution in [2.45, 2.75) is 23.6 Å². The molecule has 0 aliphatic carbocycles. The minimum absolute atomic E-state index is 0.0834. The van der Waals surface area contributed by atoms with E-state index in [-0.39, 0.29) is 16.5 Å². The number of nitrogens with one attached hydrogen (secondary N) is 1. The van der Waals surface area contributed by atoms with Gasteiger partial charge in [0.05, 0.1) is 34.2 Å². The van der Waals surface area contributed by atoms with E-state index in [4.69, 9.17) is 16.3 Å². The van der Waals surface area contributed by atoms with E-state index in [2.05, 4.69) is 16.4 Å². The average Bonchev–Trinajstić information content (AvgIpc) is 2.83. The first-order valence-electron chi connectivity index (χ1n) is 9.92. The van der Waals surface area contributed by atoms with E-state index in [0.29, 0.717) is 28.4 Å². The minimum atomic E-state index is -1.18. The molecule has 0 saturated carbocycles. The zero-order valence-electron chi connectivity index (χ0n) is 17.8. The predicted octanol–water partition coefficient (Wildman–Crippen LogP) is 5.49. The molecule has 1 unspecified atom stereocenters. The van der Waals surface area contributed by atoms with Crippen LogP contribution in [0.4, 0.5) is 5.69 Å². The van der Waals surface area contributed by atoms with Crippen molar-refractivity contribution < 1.29 is 19.4 Å². The Morgan fingerprint density at radius 1 is 1.21 bits per heavy atom. The Bertz CT molecular complexity index is 1230. The van der Waals surface area contributed by atoms with Gasteiger partial charge in [0.15, 0.2) is 0 Å². The number of pyridine rings is 1. The molecule has 3 aromatic rings. The first kappa shape index (κ1) is 24.1. The molecule has 7 nitrogen and oxygen atoms in total. The standard InChI is InChI=1S/C24H20ClN3O4S/c1-3-21(22(29)27-16-7-10-19(25)18(12-16)24(30)31)33-23-15(13-26)6-11-20(28-23)14-4-8-17(32-2)9-5-14/h4-12,21H,3H2,1-2H3,(H,27,29)(H,30,31). The van der Waals surface area contributed by atoms with E-state index in [1.54, 1.807) is 19.2 Å². The van der Waals surface area contributed by atoms with Crippen molar-refractivity contribution in [1.29, 1.82) is 5.26 Å². The maximum absolute atomic E-state index is 12.9. The molecule has 0 bridgehead atoms. The number of hydrogen-bond donors (Lipinski definition) is 2. The first-order valence-corrected chi connectivity index (χ1v) is 11.2. The van der Waals surface area contributed by atoms with Gasteiger partial charge in [-0.15, -0.1) is 0 Å². The highest BCUT2D eigenvalue weighted by Gasteiger charge is 2.22. The van der Waals surface area contributed by atoms with E-state index >= 15 is 0 Å². The fourth-order valence-corrected chi connectivity index (χ4v) is 4.18. The van der Waals surface area contributed by atoms with E-state index in [1.807, 2.05) is 31.2 Å². The molecule has 2 N–H and O–H groups in total. The van der Waals surface area contributed by atoms with Crippen molar-refractivity contribution in [2.75, 3.05) is 12.4 Å². The molecule has 0 fully saturated rings. The third-order valence-corrected chi connectivity index (χ3v) is 6.44. The third kappa shape index (κ3) is 5.83. The lowest BCUT2D eigenvalue weighted by molar-refractivity contribution is -0.115. The molecule has 168 valence electrons. The fourth-order valence-electron chi connectivity index (χ4n) is 2.98. The van der Waals surface area contributed by atoms with Gasteiger partial charge in [-0.3, -0.25) is 4.79 Å². The molecule has 33 heavy (non-hydrogen) atoms. The number of thioether (sulfide) groups is 1. The van der Waals surface area contributed by atoms with Gasteiger partial charge >= 0.3 is 5.97 Å². The Labute approximate surface area is 200 Å². The molecule has 0 saturated heterocycles. The summed E-state index contributed by atoms with van der Waals surface area (Å²) in [5.41, 5.74) is 2.10. The van der Waals surface area contributed by atoms with E-state index in [0.717, 1.165) is 11.3 Å². The number of carbonyl (C=O) groups excluding carboxylic acids is 1. The number of nitriles is 1. The van der Waals surface area contributed by atoms with Gasteiger partial charge in [-0.2, -0.15) is 5.26 Å². The number of aromatic carboxylic acids is 1. The van der Waals surface area contributed by atoms with Crippen molar-refractivity contribution in [1.82, 2.24) is 4.98 Å². The number of nitrogens with zero attached hydrogens (tertiary/aromatic N) is 2. The van der Waals surface area contributed by atoms with Crippen LogP contribution in [0, 0.1) is 11.3 Å². The number of anilines is 1. The van der Waals surface area contributed by atoms with Crippen molar-refractivity contribution in [3.63, 3.8) is 0 Å². The summed E-state index contributed by atoms with van der Waals surface area (Å²) in [5, 5.41) is 21.5. The lowest BCUT2D eigenvalue weighted by Crippen LogP contribution is -2.25. The van der Waals surface area contributed by atoms with Crippen LogP contribution in [0.15, 0.2) is 59.6 Å². The molecule has 0 radical (unpaired) electrons. The zero-order chi connectivity index (χ0) is 24.0. The van der Waals surface area contributed by atoms with Crippen molar-refractivity contribution in [3.8, 4) is 23.1 Å². The molecular formula is C24H20ClN3O4S. The summed E-state index contributed by atoms with van der Waals surface area (Å²) in [4.78, 5) is 28.8. The highest BCUT2D eigenvalue weighted by atomic mass is 35.5. The number of halogens is 1. The Balaban J connectivity index is 1.83. The number of carboxylic acids is 1. The number of hydrogen-bond acceptors (Lipinski definition) is 6. The van der Waals surface area contributed by atoms with Crippen LogP contribution in [-0.2, 0) is 4.79 Å². The van der Waals surface area contributed by atoms with Crippen molar-refractivity contribution in [3.05, 3.63) is 70.7 Å². The summed E-state index contributed by atoms with van der Waals surface area (Å²) in [7, 11) is 1.59. The Morgan fingerprint density at radius 3 is 2.55 bits per heavy atom. The number of ether oxygens (including phenoxy) is 1. The van der Waals surface area contributed by atoms with Gasteiger partial charge < -0.3 is 15.2 Å². The summed E-state index contributed by atoms with van der Waals surface area (Å²) in [6, 6.07) is 17.2.